The summed E-state index contributed by atoms with van der Waals surface area (Å²) in [6, 6.07) is 9.67. The maximum absolute atomic E-state index is 10.3. The number of imidazole rings is 1. The molecule has 0 amide bonds. The summed E-state index contributed by atoms with van der Waals surface area (Å²) in [5, 5.41) is 28.6. The highest BCUT2D eigenvalue weighted by molar-refractivity contribution is 8.01. The number of allylic oxidation sites excluding steroid dienone is 1. The molecule has 0 spiro atoms. The Hall–Kier alpha value is -2.37. The van der Waals surface area contributed by atoms with E-state index in [4.69, 9.17) is 0 Å². The molecule has 0 aliphatic rings. The molecule has 0 saturated carbocycles. The van der Waals surface area contributed by atoms with Gasteiger partial charge in [0.2, 0.25) is 0 Å². The molecule has 3 rings (SSSR count). The summed E-state index contributed by atoms with van der Waals surface area (Å²) in [6.07, 6.45) is 0. The number of aryl methyl sites for hydroxylation is 2. The first kappa shape index (κ1) is 15.5. The van der Waals surface area contributed by atoms with Crippen molar-refractivity contribution in [3.63, 3.8) is 0 Å². The number of rotatable bonds is 4. The molecule has 2 heterocycles. The van der Waals surface area contributed by atoms with Crippen molar-refractivity contribution >= 4 is 39.7 Å². The van der Waals surface area contributed by atoms with Crippen LogP contribution < -0.4 is 0 Å². The van der Waals surface area contributed by atoms with Gasteiger partial charge in [0.15, 0.2) is 10.2 Å². The number of hydrogen-bond donors (Lipinski definition) is 1. The van der Waals surface area contributed by atoms with E-state index in [9.17, 15) is 10.4 Å². The molecule has 1 aromatic carbocycles. The number of nitrogens with zero attached hydrogens (tertiary/aromatic N) is 5. The number of aliphatic hydroxyl groups excluding tert-OH is 1. The Balaban J connectivity index is 1.93. The summed E-state index contributed by atoms with van der Waals surface area (Å²) in [7, 11) is 1.83. The van der Waals surface area contributed by atoms with E-state index in [0.29, 0.717) is 5.82 Å². The Kier molecular flexibility index (Phi) is 4.32. The molecule has 3 aromatic rings. The van der Waals surface area contributed by atoms with Crippen molar-refractivity contribution in [2.75, 3.05) is 5.75 Å². The molecule has 0 radical (unpaired) electrons. The summed E-state index contributed by atoms with van der Waals surface area (Å²) in [4.78, 5) is 4.45. The minimum atomic E-state index is -0.0104. The molecular weight excluding hydrogens is 330 g/mol. The molecule has 1 N–H and O–H groups in total. The van der Waals surface area contributed by atoms with Crippen LogP contribution in [0.1, 0.15) is 10.8 Å². The third kappa shape index (κ3) is 3.06. The highest BCUT2D eigenvalue weighted by atomic mass is 32.2. The fraction of sp³-hybridized carbons (Fsp3) is 0.200. The zero-order chi connectivity index (χ0) is 16.4. The Labute approximate surface area is 141 Å². The van der Waals surface area contributed by atoms with Crippen LogP contribution in [0.15, 0.2) is 34.4 Å². The third-order valence-electron chi connectivity index (χ3n) is 3.25. The van der Waals surface area contributed by atoms with Crippen molar-refractivity contribution < 1.29 is 5.11 Å². The molecule has 0 fully saturated rings. The van der Waals surface area contributed by atoms with Crippen LogP contribution in [0.25, 0.3) is 16.6 Å². The van der Waals surface area contributed by atoms with E-state index >= 15 is 0 Å². The summed E-state index contributed by atoms with van der Waals surface area (Å²) in [5.74, 6) is 0.699. The molecule has 0 aliphatic heterocycles. The predicted molar refractivity (Wildman–Crippen MR) is 91.2 cm³/mol. The van der Waals surface area contributed by atoms with Gasteiger partial charge < -0.3 is 9.67 Å². The van der Waals surface area contributed by atoms with Crippen molar-refractivity contribution in [3.05, 3.63) is 40.9 Å². The zero-order valence-corrected chi connectivity index (χ0v) is 14.1. The second-order valence-electron chi connectivity index (χ2n) is 4.79. The summed E-state index contributed by atoms with van der Waals surface area (Å²) >= 11 is 2.80. The van der Waals surface area contributed by atoms with Crippen LogP contribution in [0.2, 0.25) is 0 Å². The summed E-state index contributed by atoms with van der Waals surface area (Å²) < 4.78 is 2.57. The minimum absolute atomic E-state index is 0.0104. The van der Waals surface area contributed by atoms with Gasteiger partial charge in [-0.05, 0) is 19.1 Å². The van der Waals surface area contributed by atoms with E-state index in [1.807, 2.05) is 42.8 Å². The van der Waals surface area contributed by atoms with E-state index in [1.165, 1.54) is 23.1 Å². The van der Waals surface area contributed by atoms with Gasteiger partial charge in [-0.3, -0.25) is 0 Å². The van der Waals surface area contributed by atoms with E-state index in [2.05, 4.69) is 21.3 Å². The average Bonchev–Trinajstić information content (AvgIpc) is 3.11. The molecule has 0 bridgehead atoms. The van der Waals surface area contributed by atoms with Crippen molar-refractivity contribution in [3.8, 4) is 6.07 Å². The first-order valence-electron chi connectivity index (χ1n) is 6.77. The van der Waals surface area contributed by atoms with Gasteiger partial charge in [0, 0.05) is 7.05 Å². The highest BCUT2D eigenvalue weighted by Gasteiger charge is 2.16. The quantitative estimate of drug-likeness (QED) is 0.444. The predicted octanol–water partition coefficient (Wildman–Crippen LogP) is 3.32. The molecule has 0 saturated heterocycles. The SMILES string of the molecule is Cc1nnc(SC/C(O)=C(\C#N)c2nc3ccccc3n2C)s1. The van der Waals surface area contributed by atoms with Crippen LogP contribution in [0.4, 0.5) is 0 Å². The van der Waals surface area contributed by atoms with Gasteiger partial charge in [-0.25, -0.2) is 4.98 Å². The molecular formula is C15H13N5OS2. The van der Waals surface area contributed by atoms with E-state index in [1.54, 1.807) is 0 Å². The second kappa shape index (κ2) is 6.40. The average molecular weight is 343 g/mol. The lowest BCUT2D eigenvalue weighted by molar-refractivity contribution is 0.420. The minimum Gasteiger partial charge on any atom is -0.510 e. The van der Waals surface area contributed by atoms with Gasteiger partial charge >= 0.3 is 0 Å². The van der Waals surface area contributed by atoms with Crippen LogP contribution in [0, 0.1) is 18.3 Å². The van der Waals surface area contributed by atoms with Crippen LogP contribution in [0.3, 0.4) is 0 Å². The van der Waals surface area contributed by atoms with Gasteiger partial charge in [0.05, 0.1) is 16.8 Å². The number of nitriles is 1. The summed E-state index contributed by atoms with van der Waals surface area (Å²) in [5.41, 5.74) is 1.88. The number of fused-ring (bicyclic) bond motifs is 1. The first-order valence-corrected chi connectivity index (χ1v) is 8.57. The molecule has 2 aromatic heterocycles. The number of aromatic nitrogens is 4. The zero-order valence-electron chi connectivity index (χ0n) is 12.5. The lowest BCUT2D eigenvalue weighted by Gasteiger charge is -2.04. The normalized spacial score (nSPS) is 12.2. The van der Waals surface area contributed by atoms with Gasteiger partial charge in [-0.2, -0.15) is 5.26 Å². The number of aliphatic hydroxyl groups is 1. The highest BCUT2D eigenvalue weighted by Crippen LogP contribution is 2.27. The largest absolute Gasteiger partial charge is 0.510 e. The Morgan fingerprint density at radius 1 is 1.39 bits per heavy atom. The van der Waals surface area contributed by atoms with Crippen molar-refractivity contribution in [1.29, 1.82) is 5.26 Å². The maximum atomic E-state index is 10.3. The van der Waals surface area contributed by atoms with Gasteiger partial charge in [-0.15, -0.1) is 10.2 Å². The first-order chi connectivity index (χ1) is 11.1. The Morgan fingerprint density at radius 3 is 2.83 bits per heavy atom. The van der Waals surface area contributed by atoms with Gasteiger partial charge in [0.1, 0.15) is 22.4 Å². The monoisotopic (exact) mass is 343 g/mol. The number of hydrogen-bond acceptors (Lipinski definition) is 7. The van der Waals surface area contributed by atoms with Crippen molar-refractivity contribution in [1.82, 2.24) is 19.7 Å². The molecule has 0 unspecified atom stereocenters. The molecule has 116 valence electrons. The van der Waals surface area contributed by atoms with Crippen LogP contribution in [0.5, 0.6) is 0 Å². The summed E-state index contributed by atoms with van der Waals surface area (Å²) in [6.45, 7) is 1.87. The lowest BCUT2D eigenvalue weighted by Crippen LogP contribution is -2.00. The van der Waals surface area contributed by atoms with E-state index in [0.717, 1.165) is 20.4 Å². The third-order valence-corrected chi connectivity index (χ3v) is 5.23. The van der Waals surface area contributed by atoms with Gasteiger partial charge in [0.25, 0.3) is 0 Å². The smallest absolute Gasteiger partial charge is 0.174 e. The lowest BCUT2D eigenvalue weighted by atomic mass is 10.2. The number of benzene rings is 1. The van der Waals surface area contributed by atoms with Gasteiger partial charge in [-0.1, -0.05) is 35.2 Å². The maximum Gasteiger partial charge on any atom is 0.174 e. The Bertz CT molecular complexity index is 935. The topological polar surface area (TPSA) is 87.6 Å². The van der Waals surface area contributed by atoms with Crippen molar-refractivity contribution in [2.24, 2.45) is 7.05 Å². The standard InChI is InChI=1S/C15H13N5OS2/c1-9-18-19-15(23-9)22-8-13(21)10(7-16)14-17-11-5-3-4-6-12(11)20(14)2/h3-6,21H,8H2,1-2H3/b13-10-. The fourth-order valence-electron chi connectivity index (χ4n) is 2.15. The molecule has 6 nitrogen and oxygen atoms in total. The molecule has 8 heteroatoms. The fourth-order valence-corrected chi connectivity index (χ4v) is 3.85. The molecule has 23 heavy (non-hydrogen) atoms. The molecule has 0 atom stereocenters. The molecule has 0 aliphatic carbocycles. The number of para-hydroxylation sites is 2. The van der Waals surface area contributed by atoms with E-state index < -0.39 is 0 Å². The van der Waals surface area contributed by atoms with Crippen LogP contribution in [-0.2, 0) is 7.05 Å². The second-order valence-corrected chi connectivity index (χ2v) is 7.20. The van der Waals surface area contributed by atoms with Crippen LogP contribution >= 0.6 is 23.1 Å². The number of thioether (sulfide) groups is 1. The van der Waals surface area contributed by atoms with Crippen LogP contribution in [-0.4, -0.2) is 30.6 Å². The van der Waals surface area contributed by atoms with E-state index in [-0.39, 0.29) is 17.1 Å². The Morgan fingerprint density at radius 2 is 2.17 bits per heavy atom. The van der Waals surface area contributed by atoms with Crippen molar-refractivity contribution in [2.45, 2.75) is 11.3 Å².